The Morgan fingerprint density at radius 3 is 2.70 bits per heavy atom. The highest BCUT2D eigenvalue weighted by Gasteiger charge is 2.29. The highest BCUT2D eigenvalue weighted by molar-refractivity contribution is 6.30. The Morgan fingerprint density at radius 2 is 1.97 bits per heavy atom. The molecule has 1 saturated carbocycles. The number of imidazole rings is 1. The van der Waals surface area contributed by atoms with Gasteiger partial charge in [0.1, 0.15) is 17.3 Å². The van der Waals surface area contributed by atoms with Gasteiger partial charge in [0.05, 0.1) is 24.3 Å². The Labute approximate surface area is 198 Å². The van der Waals surface area contributed by atoms with Gasteiger partial charge in [0, 0.05) is 31.0 Å². The number of halogens is 1. The molecule has 8 nitrogen and oxygen atoms in total. The molecule has 9 heteroatoms. The average molecular weight is 466 g/mol. The normalized spacial score (nSPS) is 23.6. The molecule has 172 valence electrons. The molecule has 1 unspecified atom stereocenters. The van der Waals surface area contributed by atoms with E-state index < -0.39 is 0 Å². The molecule has 2 fully saturated rings. The summed E-state index contributed by atoms with van der Waals surface area (Å²) in [5, 5.41) is 10.1. The maximum atomic E-state index is 9.60. The number of hydrogen-bond donors (Lipinski definition) is 0. The first-order valence-electron chi connectivity index (χ1n) is 11.7. The van der Waals surface area contributed by atoms with E-state index in [4.69, 9.17) is 21.3 Å². The second-order valence-corrected chi connectivity index (χ2v) is 9.77. The van der Waals surface area contributed by atoms with E-state index in [1.54, 1.807) is 12.4 Å². The lowest BCUT2D eigenvalue weighted by molar-refractivity contribution is 0.0976. The Kier molecular flexibility index (Phi) is 6.17. The van der Waals surface area contributed by atoms with Gasteiger partial charge in [0.15, 0.2) is 5.65 Å². The molecule has 0 amide bonds. The standard InChI is InChI=1S/C24H28ClN7O/c1-15-3-5-17(6-4-15)13-32-22-21(18-9-19(25)12-27-11-18)28-20(10-26)29-23(22)30-24(32)31-7-8-33-14-16(31)2/h9,11-12,15-17H,3-8,13-14H2,1-2H3. The van der Waals surface area contributed by atoms with Crippen LogP contribution in [-0.4, -0.2) is 50.3 Å². The van der Waals surface area contributed by atoms with E-state index in [0.29, 0.717) is 35.5 Å². The van der Waals surface area contributed by atoms with E-state index >= 15 is 0 Å². The molecule has 33 heavy (non-hydrogen) atoms. The first-order valence-corrected chi connectivity index (χ1v) is 12.0. The number of aromatic nitrogens is 5. The Hall–Kier alpha value is -2.76. The summed E-state index contributed by atoms with van der Waals surface area (Å²) in [5.41, 5.74) is 2.78. The fraction of sp³-hybridized carbons (Fsp3) is 0.542. The van der Waals surface area contributed by atoms with E-state index in [1.807, 2.05) is 6.07 Å². The van der Waals surface area contributed by atoms with Gasteiger partial charge in [0.25, 0.3) is 0 Å². The molecule has 3 aromatic rings. The third kappa shape index (κ3) is 4.40. The highest BCUT2D eigenvalue weighted by atomic mass is 35.5. The van der Waals surface area contributed by atoms with Crippen molar-refractivity contribution >= 4 is 28.7 Å². The summed E-state index contributed by atoms with van der Waals surface area (Å²) in [6.45, 7) is 7.42. The summed E-state index contributed by atoms with van der Waals surface area (Å²) < 4.78 is 7.95. The van der Waals surface area contributed by atoms with E-state index in [0.717, 1.165) is 36.0 Å². The average Bonchev–Trinajstić information content (AvgIpc) is 3.18. The molecular formula is C24H28ClN7O. The fourth-order valence-electron chi connectivity index (χ4n) is 5.00. The van der Waals surface area contributed by atoms with Crippen LogP contribution in [0.5, 0.6) is 0 Å². The van der Waals surface area contributed by atoms with Crippen LogP contribution in [0.3, 0.4) is 0 Å². The Bertz CT molecular complexity index is 1200. The summed E-state index contributed by atoms with van der Waals surface area (Å²) in [4.78, 5) is 20.6. The Morgan fingerprint density at radius 1 is 1.15 bits per heavy atom. The van der Waals surface area contributed by atoms with Crippen molar-refractivity contribution < 1.29 is 4.74 Å². The molecule has 2 aliphatic rings. The molecule has 4 heterocycles. The lowest BCUT2D eigenvalue weighted by atomic mass is 9.83. The largest absolute Gasteiger partial charge is 0.377 e. The molecule has 0 bridgehead atoms. The maximum Gasteiger partial charge on any atom is 0.234 e. The van der Waals surface area contributed by atoms with Crippen molar-refractivity contribution in [1.82, 2.24) is 24.5 Å². The zero-order chi connectivity index (χ0) is 22.9. The van der Waals surface area contributed by atoms with Gasteiger partial charge in [-0.25, -0.2) is 4.98 Å². The van der Waals surface area contributed by atoms with Crippen LogP contribution in [0.15, 0.2) is 18.5 Å². The van der Waals surface area contributed by atoms with Gasteiger partial charge in [-0.05, 0) is 37.7 Å². The topological polar surface area (TPSA) is 92.8 Å². The summed E-state index contributed by atoms with van der Waals surface area (Å²) in [7, 11) is 0. The zero-order valence-corrected chi connectivity index (χ0v) is 19.8. The second kappa shape index (κ2) is 9.24. The summed E-state index contributed by atoms with van der Waals surface area (Å²) in [5.74, 6) is 2.32. The van der Waals surface area contributed by atoms with Crippen LogP contribution in [0.1, 0.15) is 45.4 Å². The van der Waals surface area contributed by atoms with E-state index in [9.17, 15) is 5.26 Å². The molecule has 1 aliphatic heterocycles. The van der Waals surface area contributed by atoms with Crippen LogP contribution in [0.2, 0.25) is 5.02 Å². The predicted octanol–water partition coefficient (Wildman–Crippen LogP) is 4.46. The van der Waals surface area contributed by atoms with Crippen molar-refractivity contribution in [2.45, 2.75) is 52.1 Å². The number of fused-ring (bicyclic) bond motifs is 1. The molecule has 0 radical (unpaired) electrons. The van der Waals surface area contributed by atoms with Crippen LogP contribution < -0.4 is 4.90 Å². The van der Waals surface area contributed by atoms with Crippen molar-refractivity contribution in [3.63, 3.8) is 0 Å². The predicted molar refractivity (Wildman–Crippen MR) is 127 cm³/mol. The SMILES string of the molecule is CC1CCC(Cn2c(N3CCOCC3C)nc3nc(C#N)nc(-c4cncc(Cl)c4)c32)CC1. The van der Waals surface area contributed by atoms with E-state index in [-0.39, 0.29) is 11.9 Å². The number of morpholine rings is 1. The molecule has 1 saturated heterocycles. The van der Waals surface area contributed by atoms with Crippen molar-refractivity contribution in [3.05, 3.63) is 29.3 Å². The zero-order valence-electron chi connectivity index (χ0n) is 19.0. The smallest absolute Gasteiger partial charge is 0.234 e. The minimum atomic E-state index is 0.0928. The number of nitriles is 1. The lowest BCUT2D eigenvalue weighted by Gasteiger charge is -2.35. The third-order valence-corrected chi connectivity index (χ3v) is 7.07. The minimum Gasteiger partial charge on any atom is -0.377 e. The minimum absolute atomic E-state index is 0.0928. The first-order chi connectivity index (χ1) is 16.0. The van der Waals surface area contributed by atoms with Crippen LogP contribution in [-0.2, 0) is 11.3 Å². The van der Waals surface area contributed by atoms with Gasteiger partial charge >= 0.3 is 0 Å². The van der Waals surface area contributed by atoms with Gasteiger partial charge in [0.2, 0.25) is 11.8 Å². The molecule has 0 N–H and O–H groups in total. The first kappa shape index (κ1) is 22.1. The molecule has 1 atom stereocenters. The van der Waals surface area contributed by atoms with Crippen LogP contribution in [0.4, 0.5) is 5.95 Å². The third-order valence-electron chi connectivity index (χ3n) is 6.86. The summed E-state index contributed by atoms with van der Waals surface area (Å²) >= 11 is 6.26. The summed E-state index contributed by atoms with van der Waals surface area (Å²) in [6.07, 6.45) is 8.22. The van der Waals surface area contributed by atoms with Crippen LogP contribution in [0, 0.1) is 23.2 Å². The lowest BCUT2D eigenvalue weighted by Crippen LogP contribution is -2.45. The van der Waals surface area contributed by atoms with Gasteiger partial charge in [-0.3, -0.25) is 4.98 Å². The highest BCUT2D eigenvalue weighted by Crippen LogP contribution is 2.36. The van der Waals surface area contributed by atoms with Crippen molar-refractivity contribution in [2.24, 2.45) is 11.8 Å². The summed E-state index contributed by atoms with van der Waals surface area (Å²) in [6, 6.07) is 4.11. The molecule has 5 rings (SSSR count). The van der Waals surface area contributed by atoms with Gasteiger partial charge in [-0.2, -0.15) is 15.2 Å². The number of anilines is 1. The van der Waals surface area contributed by atoms with Crippen molar-refractivity contribution in [2.75, 3.05) is 24.7 Å². The maximum absolute atomic E-state index is 9.60. The monoisotopic (exact) mass is 465 g/mol. The van der Waals surface area contributed by atoms with Crippen molar-refractivity contribution in [1.29, 1.82) is 5.26 Å². The number of nitrogens with zero attached hydrogens (tertiary/aromatic N) is 7. The fourth-order valence-corrected chi connectivity index (χ4v) is 5.18. The van der Waals surface area contributed by atoms with Crippen LogP contribution in [0.25, 0.3) is 22.4 Å². The number of hydrogen-bond acceptors (Lipinski definition) is 7. The number of pyridine rings is 1. The molecular weight excluding hydrogens is 438 g/mol. The van der Waals surface area contributed by atoms with Crippen LogP contribution >= 0.6 is 11.6 Å². The molecule has 3 aromatic heterocycles. The van der Waals surface area contributed by atoms with Gasteiger partial charge in [-0.1, -0.05) is 31.4 Å². The molecule has 0 spiro atoms. The number of rotatable bonds is 4. The van der Waals surface area contributed by atoms with Gasteiger partial charge < -0.3 is 14.2 Å². The Balaban J connectivity index is 1.70. The molecule has 1 aliphatic carbocycles. The van der Waals surface area contributed by atoms with Gasteiger partial charge in [-0.15, -0.1) is 0 Å². The van der Waals surface area contributed by atoms with E-state index in [2.05, 4.69) is 44.3 Å². The molecule has 0 aromatic carbocycles. The second-order valence-electron chi connectivity index (χ2n) is 9.34. The quantitative estimate of drug-likeness (QED) is 0.561. The number of ether oxygens (including phenoxy) is 1. The van der Waals surface area contributed by atoms with E-state index in [1.165, 1.54) is 25.7 Å². The van der Waals surface area contributed by atoms with Crippen molar-refractivity contribution in [3.8, 4) is 17.3 Å².